The van der Waals surface area contributed by atoms with Crippen LogP contribution >= 0.6 is 0 Å². The van der Waals surface area contributed by atoms with Crippen molar-refractivity contribution in [3.05, 3.63) is 0 Å². The van der Waals surface area contributed by atoms with Crippen molar-refractivity contribution in [2.24, 2.45) is 11.7 Å². The number of amides is 1. The summed E-state index contributed by atoms with van der Waals surface area (Å²) in [4.78, 5) is 21.2. The maximum atomic E-state index is 10.7. The van der Waals surface area contributed by atoms with E-state index in [1.165, 1.54) is 0 Å². The molecule has 86 valence electrons. The molecule has 0 heterocycles. The van der Waals surface area contributed by atoms with Gasteiger partial charge in [-0.2, -0.15) is 0 Å². The van der Waals surface area contributed by atoms with E-state index in [-0.39, 0.29) is 11.8 Å². The fourth-order valence-corrected chi connectivity index (χ4v) is 1.94. The van der Waals surface area contributed by atoms with Gasteiger partial charge >= 0.3 is 5.97 Å². The first-order chi connectivity index (χ1) is 7.09. The smallest absolute Gasteiger partial charge is 0.306 e. The number of carbonyl (C=O) groups excluding carboxylic acids is 1. The zero-order valence-corrected chi connectivity index (χ0v) is 8.74. The minimum Gasteiger partial charge on any atom is -0.481 e. The highest BCUT2D eigenvalue weighted by Gasteiger charge is 2.25. The highest BCUT2D eigenvalue weighted by Crippen LogP contribution is 2.24. The molecule has 5 heteroatoms. The third-order valence-electron chi connectivity index (χ3n) is 2.88. The Hall–Kier alpha value is -1.10. The second kappa shape index (κ2) is 5.70. The summed E-state index contributed by atoms with van der Waals surface area (Å²) < 4.78 is 0. The monoisotopic (exact) mass is 214 g/mol. The number of carbonyl (C=O) groups is 2. The van der Waals surface area contributed by atoms with Gasteiger partial charge in [-0.05, 0) is 25.7 Å². The van der Waals surface area contributed by atoms with E-state index in [0.717, 1.165) is 25.7 Å². The predicted octanol–water partition coefficient (Wildman–Crippen LogP) is 0.0948. The molecule has 1 rings (SSSR count). The summed E-state index contributed by atoms with van der Waals surface area (Å²) >= 11 is 0. The minimum absolute atomic E-state index is 0.181. The fraction of sp³-hybridized carbons (Fsp3) is 0.800. The van der Waals surface area contributed by atoms with Crippen molar-refractivity contribution >= 4 is 11.9 Å². The molecule has 5 nitrogen and oxygen atoms in total. The number of hydrogen-bond acceptors (Lipinski definition) is 3. The highest BCUT2D eigenvalue weighted by molar-refractivity contribution is 5.73. The van der Waals surface area contributed by atoms with Gasteiger partial charge in [0.05, 0.1) is 5.92 Å². The standard InChI is InChI=1S/C10H18N2O3/c11-9(13)5-6-12-8-3-1-7(2-4-8)10(14)15/h7-8,12H,1-6H2,(H2,11,13)(H,14,15). The van der Waals surface area contributed by atoms with Crippen molar-refractivity contribution in [2.75, 3.05) is 6.54 Å². The maximum Gasteiger partial charge on any atom is 0.306 e. The number of rotatable bonds is 5. The van der Waals surface area contributed by atoms with Crippen LogP contribution in [0.3, 0.4) is 0 Å². The van der Waals surface area contributed by atoms with Gasteiger partial charge in [-0.15, -0.1) is 0 Å². The quantitative estimate of drug-likeness (QED) is 0.605. The number of nitrogens with two attached hydrogens (primary N) is 1. The average Bonchev–Trinajstić information content (AvgIpc) is 2.18. The largest absolute Gasteiger partial charge is 0.481 e. The molecule has 0 aliphatic heterocycles. The molecular weight excluding hydrogens is 196 g/mol. The number of nitrogens with one attached hydrogen (secondary N) is 1. The third-order valence-corrected chi connectivity index (χ3v) is 2.88. The molecule has 0 saturated heterocycles. The van der Waals surface area contributed by atoms with Crippen molar-refractivity contribution in [2.45, 2.75) is 38.1 Å². The summed E-state index contributed by atoms with van der Waals surface area (Å²) in [5.74, 6) is -1.17. The molecule has 1 aliphatic rings. The van der Waals surface area contributed by atoms with Gasteiger partial charge in [-0.1, -0.05) is 0 Å². The highest BCUT2D eigenvalue weighted by atomic mass is 16.4. The summed E-state index contributed by atoms with van der Waals surface area (Å²) in [6.07, 6.45) is 3.54. The van der Waals surface area contributed by atoms with Gasteiger partial charge < -0.3 is 16.2 Å². The van der Waals surface area contributed by atoms with Gasteiger partial charge in [0.2, 0.25) is 5.91 Å². The molecule has 1 saturated carbocycles. The minimum atomic E-state index is -0.689. The zero-order valence-electron chi connectivity index (χ0n) is 8.74. The lowest BCUT2D eigenvalue weighted by Crippen LogP contribution is -2.36. The topological polar surface area (TPSA) is 92.4 Å². The lowest BCUT2D eigenvalue weighted by Gasteiger charge is -2.26. The lowest BCUT2D eigenvalue weighted by atomic mass is 9.86. The Bertz CT molecular complexity index is 232. The zero-order chi connectivity index (χ0) is 11.3. The molecule has 15 heavy (non-hydrogen) atoms. The molecule has 0 radical (unpaired) electrons. The summed E-state index contributed by atoms with van der Waals surface area (Å²) in [5.41, 5.74) is 5.01. The summed E-state index contributed by atoms with van der Waals surface area (Å²) in [5, 5.41) is 12.0. The van der Waals surface area contributed by atoms with Crippen LogP contribution in [0.4, 0.5) is 0 Å². The van der Waals surface area contributed by atoms with Crippen molar-refractivity contribution in [3.63, 3.8) is 0 Å². The number of primary amides is 1. The van der Waals surface area contributed by atoms with Crippen LogP contribution in [0.15, 0.2) is 0 Å². The van der Waals surface area contributed by atoms with Crippen LogP contribution in [0, 0.1) is 5.92 Å². The summed E-state index contributed by atoms with van der Waals surface area (Å²) in [7, 11) is 0. The molecule has 0 bridgehead atoms. The first-order valence-electron chi connectivity index (χ1n) is 5.34. The Morgan fingerprint density at radius 3 is 2.33 bits per heavy atom. The summed E-state index contributed by atoms with van der Waals surface area (Å²) in [6.45, 7) is 0.595. The molecule has 0 atom stereocenters. The molecule has 0 aromatic carbocycles. The summed E-state index contributed by atoms with van der Waals surface area (Å²) in [6, 6.07) is 0.347. The van der Waals surface area contributed by atoms with Gasteiger partial charge in [-0.25, -0.2) is 0 Å². The molecule has 4 N–H and O–H groups in total. The second-order valence-electron chi connectivity index (χ2n) is 4.06. The van der Waals surface area contributed by atoms with Gasteiger partial charge in [0.1, 0.15) is 0 Å². The first-order valence-corrected chi connectivity index (χ1v) is 5.34. The van der Waals surface area contributed by atoms with Gasteiger partial charge in [0.25, 0.3) is 0 Å². The van der Waals surface area contributed by atoms with E-state index < -0.39 is 5.97 Å². The van der Waals surface area contributed by atoms with E-state index >= 15 is 0 Å². The van der Waals surface area contributed by atoms with Crippen LogP contribution in [-0.4, -0.2) is 29.6 Å². The van der Waals surface area contributed by atoms with Crippen LogP contribution in [0.5, 0.6) is 0 Å². The van der Waals surface area contributed by atoms with Gasteiger partial charge in [0, 0.05) is 19.0 Å². The predicted molar refractivity (Wildman–Crippen MR) is 55.2 cm³/mol. The molecule has 1 aliphatic carbocycles. The Balaban J connectivity index is 2.14. The van der Waals surface area contributed by atoms with Crippen molar-refractivity contribution in [3.8, 4) is 0 Å². The SMILES string of the molecule is NC(=O)CCNC1CCC(C(=O)O)CC1. The van der Waals surface area contributed by atoms with Crippen LogP contribution in [-0.2, 0) is 9.59 Å². The normalized spacial score (nSPS) is 26.1. The first kappa shape index (κ1) is 12.0. The van der Waals surface area contributed by atoms with Crippen molar-refractivity contribution in [1.82, 2.24) is 5.32 Å². The fourth-order valence-electron chi connectivity index (χ4n) is 1.94. The third kappa shape index (κ3) is 4.29. The van der Waals surface area contributed by atoms with Crippen LogP contribution in [0.2, 0.25) is 0 Å². The number of carboxylic acids is 1. The maximum absolute atomic E-state index is 10.7. The number of aliphatic carboxylic acids is 1. The van der Waals surface area contributed by atoms with E-state index in [1.54, 1.807) is 0 Å². The van der Waals surface area contributed by atoms with Crippen molar-refractivity contribution in [1.29, 1.82) is 0 Å². The van der Waals surface area contributed by atoms with Crippen molar-refractivity contribution < 1.29 is 14.7 Å². The van der Waals surface area contributed by atoms with Gasteiger partial charge in [0.15, 0.2) is 0 Å². The average molecular weight is 214 g/mol. The van der Waals surface area contributed by atoms with E-state index in [2.05, 4.69) is 5.32 Å². The van der Waals surface area contributed by atoms with Gasteiger partial charge in [-0.3, -0.25) is 9.59 Å². The van der Waals surface area contributed by atoms with E-state index in [9.17, 15) is 9.59 Å². The molecule has 0 aromatic rings. The molecule has 1 amide bonds. The Kier molecular flexibility index (Phi) is 4.55. The Morgan fingerprint density at radius 1 is 1.27 bits per heavy atom. The molecule has 0 aromatic heterocycles. The molecule has 1 fully saturated rings. The van der Waals surface area contributed by atoms with E-state index in [0.29, 0.717) is 19.0 Å². The lowest BCUT2D eigenvalue weighted by molar-refractivity contribution is -0.142. The molecule has 0 unspecified atom stereocenters. The Morgan fingerprint density at radius 2 is 1.87 bits per heavy atom. The van der Waals surface area contributed by atoms with E-state index in [1.807, 2.05) is 0 Å². The molecular formula is C10H18N2O3. The van der Waals surface area contributed by atoms with Crippen LogP contribution in [0.1, 0.15) is 32.1 Å². The van der Waals surface area contributed by atoms with Crippen LogP contribution < -0.4 is 11.1 Å². The van der Waals surface area contributed by atoms with E-state index in [4.69, 9.17) is 10.8 Å². The molecule has 0 spiro atoms. The number of carboxylic acid groups (broad SMARTS) is 1. The van der Waals surface area contributed by atoms with Crippen LogP contribution in [0.25, 0.3) is 0 Å². The number of hydrogen-bond donors (Lipinski definition) is 3. The Labute approximate surface area is 89.0 Å². The second-order valence-corrected chi connectivity index (χ2v) is 4.06.